The fourth-order valence-electron chi connectivity index (χ4n) is 5.90. The van der Waals surface area contributed by atoms with Crippen LogP contribution in [0.4, 0.5) is 14.8 Å². The van der Waals surface area contributed by atoms with Gasteiger partial charge in [-0.15, -0.1) is 0 Å². The van der Waals surface area contributed by atoms with Gasteiger partial charge in [0, 0.05) is 62.6 Å². The van der Waals surface area contributed by atoms with E-state index < -0.39 is 17.7 Å². The zero-order chi connectivity index (χ0) is 28.1. The van der Waals surface area contributed by atoms with Crippen molar-refractivity contribution in [2.45, 2.75) is 63.6 Å². The van der Waals surface area contributed by atoms with Crippen molar-refractivity contribution >= 4 is 23.0 Å². The van der Waals surface area contributed by atoms with Crippen molar-refractivity contribution in [3.63, 3.8) is 0 Å². The van der Waals surface area contributed by atoms with Gasteiger partial charge in [-0.3, -0.25) is 4.79 Å². The number of amides is 1. The monoisotopic (exact) mass is 549 g/mol. The quantitative estimate of drug-likeness (QED) is 0.397. The van der Waals surface area contributed by atoms with Gasteiger partial charge in [0.1, 0.15) is 17.5 Å². The van der Waals surface area contributed by atoms with Crippen molar-refractivity contribution in [2.75, 3.05) is 25.0 Å². The number of hydrogen-bond acceptors (Lipinski definition) is 7. The molecule has 2 aliphatic rings. The number of nitrogens with two attached hydrogens (primary N) is 1. The molecule has 9 nitrogen and oxygen atoms in total. The molecule has 0 bridgehead atoms. The van der Waals surface area contributed by atoms with Gasteiger partial charge in [0.2, 0.25) is 0 Å². The molecule has 1 amide bonds. The lowest BCUT2D eigenvalue weighted by Gasteiger charge is -2.35. The number of anilines is 1. The number of benzene rings is 2. The molecule has 0 aliphatic carbocycles. The van der Waals surface area contributed by atoms with Crippen molar-refractivity contribution in [1.29, 1.82) is 0 Å². The lowest BCUT2D eigenvalue weighted by molar-refractivity contribution is 0.0708. The summed E-state index contributed by atoms with van der Waals surface area (Å²) in [7, 11) is 1.84. The first-order valence-electron chi connectivity index (χ1n) is 13.7. The van der Waals surface area contributed by atoms with Gasteiger partial charge >= 0.3 is 6.01 Å². The third-order valence-electron chi connectivity index (χ3n) is 8.29. The minimum atomic E-state index is -0.490. The summed E-state index contributed by atoms with van der Waals surface area (Å²) < 4.78 is 35.8. The van der Waals surface area contributed by atoms with Crippen molar-refractivity contribution < 1.29 is 18.1 Å². The van der Waals surface area contributed by atoms with Gasteiger partial charge in [-0.2, -0.15) is 4.98 Å². The fraction of sp³-hybridized carbons (Fsp3) is 0.448. The Morgan fingerprint density at radius 3 is 2.62 bits per heavy atom. The second-order valence-electron chi connectivity index (χ2n) is 11.2. The van der Waals surface area contributed by atoms with Crippen LogP contribution in [0.3, 0.4) is 0 Å². The van der Waals surface area contributed by atoms with E-state index in [1.54, 1.807) is 4.90 Å². The highest BCUT2D eigenvalue weighted by Crippen LogP contribution is 2.33. The van der Waals surface area contributed by atoms with Gasteiger partial charge in [0.25, 0.3) is 5.91 Å². The summed E-state index contributed by atoms with van der Waals surface area (Å²) >= 11 is 0. The van der Waals surface area contributed by atoms with Gasteiger partial charge in [-0.1, -0.05) is 19.0 Å². The number of carbonyl (C=O) groups excluding carboxylic acids is 1. The number of aromatic nitrogens is 4. The molecule has 0 radical (unpaired) electrons. The molecule has 0 unspecified atom stereocenters. The molecule has 2 atom stereocenters. The molecule has 2 N–H and O–H groups in total. The minimum absolute atomic E-state index is 0.0670. The van der Waals surface area contributed by atoms with Crippen LogP contribution in [0.1, 0.15) is 66.1 Å². The SMILES string of the molecule is CC(C)c1noc(N2CCC(N(C)C(=O)c3ccc4c(c3)nc3n4C[C@H](N)[C@@H](c4cc(F)ccc4F)C3)CC2)n1. The Bertz CT molecular complexity index is 1560. The van der Waals surface area contributed by atoms with E-state index in [-0.39, 0.29) is 29.3 Å². The molecule has 210 valence electrons. The summed E-state index contributed by atoms with van der Waals surface area (Å²) in [4.78, 5) is 26.6. The van der Waals surface area contributed by atoms with Crippen LogP contribution in [0, 0.1) is 11.6 Å². The first-order chi connectivity index (χ1) is 19.2. The molecule has 2 aromatic heterocycles. The van der Waals surface area contributed by atoms with Crippen LogP contribution in [0.25, 0.3) is 11.0 Å². The molecule has 0 saturated carbocycles. The average molecular weight is 550 g/mol. The van der Waals surface area contributed by atoms with Crippen LogP contribution >= 0.6 is 0 Å². The molecule has 4 heterocycles. The molecule has 1 saturated heterocycles. The highest BCUT2D eigenvalue weighted by molar-refractivity contribution is 5.97. The first-order valence-corrected chi connectivity index (χ1v) is 13.7. The largest absolute Gasteiger partial charge is 0.339 e. The van der Waals surface area contributed by atoms with Crippen LogP contribution < -0.4 is 10.6 Å². The maximum atomic E-state index is 14.5. The molecule has 2 aromatic carbocycles. The topological polar surface area (TPSA) is 106 Å². The van der Waals surface area contributed by atoms with Gasteiger partial charge in [-0.05, 0) is 54.8 Å². The van der Waals surface area contributed by atoms with E-state index in [4.69, 9.17) is 15.2 Å². The summed E-state index contributed by atoms with van der Waals surface area (Å²) in [5.41, 5.74) is 8.83. The fourth-order valence-corrected chi connectivity index (χ4v) is 5.90. The molecule has 1 fully saturated rings. The summed E-state index contributed by atoms with van der Waals surface area (Å²) in [6, 6.07) is 9.22. The standard InChI is InChI=1S/C29H33F2N7O2/c1-16(2)27-34-29(40-35-27)37-10-8-19(9-11-37)36(3)28(39)17-4-7-25-24(12-17)33-26-14-21(23(32)15-38(25)26)20-13-18(30)5-6-22(20)31/h4-7,12-13,16,19,21,23H,8-11,14-15,32H2,1-3H3/t21-,23+/m1/s1. The van der Waals surface area contributed by atoms with Crippen molar-refractivity contribution in [2.24, 2.45) is 5.73 Å². The molecular formula is C29H33F2N7O2. The van der Waals surface area contributed by atoms with Crippen LogP contribution in [-0.4, -0.2) is 62.7 Å². The summed E-state index contributed by atoms with van der Waals surface area (Å²) in [6.07, 6.45) is 1.97. The normalized spacial score (nSPS) is 19.8. The zero-order valence-electron chi connectivity index (χ0n) is 22.8. The summed E-state index contributed by atoms with van der Waals surface area (Å²) in [5, 5.41) is 4.05. The number of halogens is 2. The first kappa shape index (κ1) is 26.4. The Morgan fingerprint density at radius 2 is 1.90 bits per heavy atom. The van der Waals surface area contributed by atoms with Crippen molar-refractivity contribution in [1.82, 2.24) is 24.6 Å². The van der Waals surface area contributed by atoms with E-state index in [2.05, 4.69) is 15.0 Å². The summed E-state index contributed by atoms with van der Waals surface area (Å²) in [5.74, 6) is 0.231. The average Bonchev–Trinajstić information content (AvgIpc) is 3.58. The Labute approximate surface area is 231 Å². The van der Waals surface area contributed by atoms with Crippen LogP contribution in [0.15, 0.2) is 40.9 Å². The lowest BCUT2D eigenvalue weighted by Crippen LogP contribution is -2.45. The molecule has 4 aromatic rings. The number of imidazole rings is 1. The minimum Gasteiger partial charge on any atom is -0.339 e. The zero-order valence-corrected chi connectivity index (χ0v) is 22.8. The number of nitrogens with zero attached hydrogens (tertiary/aromatic N) is 6. The van der Waals surface area contributed by atoms with E-state index in [0.29, 0.717) is 35.9 Å². The Morgan fingerprint density at radius 1 is 1.12 bits per heavy atom. The Balaban J connectivity index is 1.16. The summed E-state index contributed by atoms with van der Waals surface area (Å²) in [6.45, 7) is 5.93. The third-order valence-corrected chi connectivity index (χ3v) is 8.29. The van der Waals surface area contributed by atoms with Gasteiger partial charge in [-0.25, -0.2) is 13.8 Å². The predicted octanol–water partition coefficient (Wildman–Crippen LogP) is 4.23. The Hall–Kier alpha value is -3.86. The Kier molecular flexibility index (Phi) is 6.77. The molecule has 11 heteroatoms. The number of rotatable bonds is 5. The van der Waals surface area contributed by atoms with E-state index in [1.165, 1.54) is 6.07 Å². The van der Waals surface area contributed by atoms with Crippen LogP contribution in [0.2, 0.25) is 0 Å². The van der Waals surface area contributed by atoms with Gasteiger partial charge < -0.3 is 24.6 Å². The molecule has 40 heavy (non-hydrogen) atoms. The highest BCUT2D eigenvalue weighted by atomic mass is 19.1. The third kappa shape index (κ3) is 4.72. The number of carbonyl (C=O) groups is 1. The maximum Gasteiger partial charge on any atom is 0.324 e. The maximum absolute atomic E-state index is 14.5. The van der Waals surface area contributed by atoms with Crippen LogP contribution in [-0.2, 0) is 13.0 Å². The molecule has 0 spiro atoms. The molecular weight excluding hydrogens is 516 g/mol. The smallest absolute Gasteiger partial charge is 0.324 e. The molecule has 2 aliphatic heterocycles. The van der Waals surface area contributed by atoms with Gasteiger partial charge in [0.05, 0.1) is 11.0 Å². The number of hydrogen-bond donors (Lipinski definition) is 1. The van der Waals surface area contributed by atoms with Crippen molar-refractivity contribution in [3.05, 3.63) is 70.8 Å². The number of piperidine rings is 1. The van der Waals surface area contributed by atoms with E-state index in [1.807, 2.05) is 43.7 Å². The second kappa shape index (κ2) is 10.3. The van der Waals surface area contributed by atoms with Crippen molar-refractivity contribution in [3.8, 4) is 0 Å². The molecule has 6 rings (SSSR count). The highest BCUT2D eigenvalue weighted by Gasteiger charge is 2.32. The van der Waals surface area contributed by atoms with Crippen LogP contribution in [0.5, 0.6) is 0 Å². The predicted molar refractivity (Wildman–Crippen MR) is 146 cm³/mol. The van der Waals surface area contributed by atoms with Gasteiger partial charge in [0.15, 0.2) is 5.82 Å². The van der Waals surface area contributed by atoms with E-state index >= 15 is 0 Å². The van der Waals surface area contributed by atoms with E-state index in [0.717, 1.165) is 49.4 Å². The van der Waals surface area contributed by atoms with E-state index in [9.17, 15) is 13.6 Å². The second-order valence-corrected chi connectivity index (χ2v) is 11.2. The number of fused-ring (bicyclic) bond motifs is 3. The lowest BCUT2D eigenvalue weighted by atomic mass is 9.86.